The number of allylic oxidation sites excluding steroid dienone is 2. The molecular formula is C63H102O32. The Balaban J connectivity index is 0.786. The van der Waals surface area contributed by atoms with E-state index in [1.165, 1.54) is 6.92 Å². The fourth-order valence-electron chi connectivity index (χ4n) is 18.8. The topological polar surface area (TPSA) is 512 Å². The van der Waals surface area contributed by atoms with Gasteiger partial charge < -0.3 is 154 Å². The van der Waals surface area contributed by atoms with Crippen molar-refractivity contribution < 1.29 is 159 Å². The molecule has 5 aliphatic carbocycles. The second-order valence-electron chi connectivity index (χ2n) is 30.8. The van der Waals surface area contributed by atoms with Crippen LogP contribution in [0.15, 0.2) is 11.6 Å². The molecule has 0 unspecified atom stereocenters. The van der Waals surface area contributed by atoms with E-state index in [0.717, 1.165) is 5.57 Å². The van der Waals surface area contributed by atoms with E-state index in [0.29, 0.717) is 32.1 Å². The first-order valence-electron chi connectivity index (χ1n) is 33.2. The normalized spacial score (nSPS) is 55.5. The van der Waals surface area contributed by atoms with Crippen LogP contribution in [0.25, 0.3) is 0 Å². The second kappa shape index (κ2) is 27.3. The minimum Gasteiger partial charge on any atom is -0.432 e. The number of aliphatic hydroxyl groups excluding tert-OH is 18. The monoisotopic (exact) mass is 1370 g/mol. The van der Waals surface area contributed by atoms with Crippen LogP contribution in [0.3, 0.4) is 0 Å². The molecule has 0 radical (unpaired) electrons. The van der Waals surface area contributed by atoms with Gasteiger partial charge in [-0.15, -0.1) is 0 Å². The molecule has 11 rings (SSSR count). The molecule has 0 spiro atoms. The molecule has 0 aromatic heterocycles. The van der Waals surface area contributed by atoms with Crippen molar-refractivity contribution in [1.29, 1.82) is 0 Å². The van der Waals surface area contributed by atoms with Crippen molar-refractivity contribution in [2.75, 3.05) is 46.2 Å². The number of hydrogen-bond donors (Lipinski definition) is 19. The summed E-state index contributed by atoms with van der Waals surface area (Å²) >= 11 is 0. The van der Waals surface area contributed by atoms with E-state index in [9.17, 15) is 97.0 Å². The quantitative estimate of drug-likeness (QED) is 0.0388. The van der Waals surface area contributed by atoms with Gasteiger partial charge in [0.1, 0.15) is 115 Å². The average Bonchev–Trinajstić information content (AvgIpc) is 1.39. The Morgan fingerprint density at radius 2 is 1.17 bits per heavy atom. The minimum atomic E-state index is -2.09. The third kappa shape index (κ3) is 12.4. The Kier molecular flexibility index (Phi) is 21.3. The summed E-state index contributed by atoms with van der Waals surface area (Å²) in [5.41, 5.74) is -6.52. The van der Waals surface area contributed by atoms with Crippen LogP contribution < -0.4 is 0 Å². The molecule has 0 bridgehead atoms. The van der Waals surface area contributed by atoms with E-state index in [1.54, 1.807) is 6.92 Å². The maximum absolute atomic E-state index is 15.5. The highest BCUT2D eigenvalue weighted by atomic mass is 16.8. The van der Waals surface area contributed by atoms with E-state index in [1.807, 2.05) is 0 Å². The molecule has 0 aromatic rings. The highest BCUT2D eigenvalue weighted by Crippen LogP contribution is 2.76. The van der Waals surface area contributed by atoms with Crippen molar-refractivity contribution in [3.05, 3.63) is 11.6 Å². The molecule has 6 aliphatic heterocycles. The molecule has 6 saturated heterocycles. The summed E-state index contributed by atoms with van der Waals surface area (Å²) < 4.78 is 70.2. The van der Waals surface area contributed by atoms with E-state index in [2.05, 4.69) is 40.7 Å². The highest BCUT2D eigenvalue weighted by Gasteiger charge is 2.73. The third-order valence-corrected chi connectivity index (χ3v) is 24.6. The zero-order valence-electron chi connectivity index (χ0n) is 54.4. The fraction of sp³-hybridized carbons (Fsp3) is 0.952. The van der Waals surface area contributed by atoms with Gasteiger partial charge in [-0.05, 0) is 97.7 Å². The number of ether oxygens (including phenoxy) is 12. The minimum absolute atomic E-state index is 0.0780. The lowest BCUT2D eigenvalue weighted by Gasteiger charge is -2.72. The first-order chi connectivity index (χ1) is 44.5. The Morgan fingerprint density at radius 3 is 1.83 bits per heavy atom. The van der Waals surface area contributed by atoms with Gasteiger partial charge in [-0.1, -0.05) is 53.2 Å². The van der Waals surface area contributed by atoms with Gasteiger partial charge in [-0.25, -0.2) is 0 Å². The van der Waals surface area contributed by atoms with Gasteiger partial charge in [0.2, 0.25) is 6.29 Å². The smallest absolute Gasteiger partial charge is 0.317 e. The van der Waals surface area contributed by atoms with Gasteiger partial charge in [0.15, 0.2) is 37.6 Å². The van der Waals surface area contributed by atoms with Crippen LogP contribution in [-0.4, -0.2) is 327 Å². The van der Waals surface area contributed by atoms with Crippen molar-refractivity contribution in [2.24, 2.45) is 50.2 Å². The molecule has 546 valence electrons. The lowest BCUT2D eigenvalue weighted by molar-refractivity contribution is -0.372. The Morgan fingerprint density at radius 1 is 0.558 bits per heavy atom. The van der Waals surface area contributed by atoms with Crippen LogP contribution in [0.2, 0.25) is 0 Å². The molecule has 4 saturated carbocycles. The third-order valence-electron chi connectivity index (χ3n) is 24.6. The maximum Gasteiger partial charge on any atom is 0.317 e. The molecule has 32 heteroatoms. The molecule has 32 nitrogen and oxygen atoms in total. The summed E-state index contributed by atoms with van der Waals surface area (Å²) in [6.45, 7) is 9.42. The zero-order chi connectivity index (χ0) is 69.4. The molecule has 95 heavy (non-hydrogen) atoms. The van der Waals surface area contributed by atoms with Crippen LogP contribution in [-0.2, 0) is 61.6 Å². The van der Waals surface area contributed by atoms with Gasteiger partial charge in [-0.3, -0.25) is 4.79 Å². The molecule has 11 aliphatic rings. The number of carbonyl (C=O) groups excluding carboxylic acids is 1. The van der Waals surface area contributed by atoms with Crippen molar-refractivity contribution in [3.8, 4) is 0 Å². The highest BCUT2D eigenvalue weighted by molar-refractivity contribution is 5.80. The standard InChI is InChI=1S/C63H102O32/c1-24-45(91-51-44(80)46(29(69)19-84-51)92-55-48(81)62(83,22-66)23-87-55)40(76)43(79)52(88-24)93-47-35(71)28(68)18-85-54(47)95-56(82)63-13-12-57(2,3)14-26(63)25-8-9-33-58(4)15-27(67)49(59(5,21-65)32(58)10-11-60(33,6)61(25,7)16-34(63)70)94-53-42(78)39(75)37(73)31(90-53)20-86-50-41(77)38(74)36(72)30(17-64)89-50/h8,24,26-55,64-81,83H,9-23H2,1-7H3/t24-,26-,27-,28+,29+,30+,31+,32+,33+,34+,35-,36+,37+,38-,39-,40-,41+,42+,43+,44+,45-,46-,47+,48-,49-,50+,51-,52-,53-,54-,55-,58-,59-,60+,61+,62+,63+/m0/s1. The Bertz CT molecular complexity index is 2700. The summed E-state index contributed by atoms with van der Waals surface area (Å²) in [6, 6.07) is 0. The van der Waals surface area contributed by atoms with Gasteiger partial charge in [0.05, 0.1) is 70.7 Å². The SMILES string of the molecule is C[C@@H]1O[C@@H](O[C@H]2[C@H](OC(=O)[C@]34CCC(C)(C)C[C@H]3C3=CC[C@@H]5[C@@]6(C)C[C@H](O)[C@H](O[C@@H]7O[C@H](CO[C@@H]8O[C@H](CO)[C@@H](O)[C@H](O)[C@H]8O)[C@@H](O)[C@H](O)[C@H]7O)[C@@](C)(CO)[C@@H]6CC[C@@]5(C)[C@]3(C)C[C@H]4O)OC[C@@H](O)[C@@H]2O)[C@H](O)[C@H](O)[C@H]1O[C@@H]1OC[C@@H](O)[C@H](O[C@@H]2OC[C@](O)(CO)[C@H]2O)[C@H]1O. The average molecular weight is 1370 g/mol. The first-order valence-corrected chi connectivity index (χ1v) is 33.2. The fourth-order valence-corrected chi connectivity index (χ4v) is 18.8. The summed E-state index contributed by atoms with van der Waals surface area (Å²) in [7, 11) is 0. The van der Waals surface area contributed by atoms with Gasteiger partial charge >= 0.3 is 5.97 Å². The van der Waals surface area contributed by atoms with E-state index in [4.69, 9.17) is 56.8 Å². The van der Waals surface area contributed by atoms with Crippen LogP contribution in [0.5, 0.6) is 0 Å². The van der Waals surface area contributed by atoms with Crippen LogP contribution in [0.1, 0.15) is 99.8 Å². The number of rotatable bonds is 16. The molecule has 19 N–H and O–H groups in total. The van der Waals surface area contributed by atoms with Gasteiger partial charge in [0, 0.05) is 5.41 Å². The molecule has 37 atom stereocenters. The van der Waals surface area contributed by atoms with Crippen LogP contribution >= 0.6 is 0 Å². The number of carbonyl (C=O) groups is 1. The van der Waals surface area contributed by atoms with Crippen LogP contribution in [0.4, 0.5) is 0 Å². The van der Waals surface area contributed by atoms with E-state index in [-0.39, 0.29) is 36.5 Å². The van der Waals surface area contributed by atoms with Crippen molar-refractivity contribution in [3.63, 3.8) is 0 Å². The van der Waals surface area contributed by atoms with Crippen molar-refractivity contribution in [1.82, 2.24) is 0 Å². The summed E-state index contributed by atoms with van der Waals surface area (Å²) in [6.07, 6.45) is -41.3. The molecular weight excluding hydrogens is 1270 g/mol. The van der Waals surface area contributed by atoms with E-state index < -0.39 is 263 Å². The maximum atomic E-state index is 15.5. The largest absolute Gasteiger partial charge is 0.432 e. The van der Waals surface area contributed by atoms with Gasteiger partial charge in [-0.2, -0.15) is 0 Å². The predicted molar refractivity (Wildman–Crippen MR) is 313 cm³/mol. The molecule has 0 aromatic carbocycles. The predicted octanol–water partition coefficient (Wildman–Crippen LogP) is -6.53. The number of aliphatic hydroxyl groups is 19. The molecule has 6 heterocycles. The summed E-state index contributed by atoms with van der Waals surface area (Å²) in [4.78, 5) is 15.5. The Labute approximate surface area is 548 Å². The molecule has 10 fully saturated rings. The number of fused-ring (bicyclic) bond motifs is 7. The number of hydrogen-bond acceptors (Lipinski definition) is 32. The summed E-state index contributed by atoms with van der Waals surface area (Å²) in [5, 5.41) is 210. The second-order valence-corrected chi connectivity index (χ2v) is 30.8. The zero-order valence-corrected chi connectivity index (χ0v) is 54.4. The lowest BCUT2D eigenvalue weighted by atomic mass is 9.33. The van der Waals surface area contributed by atoms with Gasteiger partial charge in [0.25, 0.3) is 0 Å². The summed E-state index contributed by atoms with van der Waals surface area (Å²) in [5.74, 6) is -2.08. The van der Waals surface area contributed by atoms with Crippen LogP contribution in [0, 0.1) is 50.2 Å². The van der Waals surface area contributed by atoms with Crippen molar-refractivity contribution in [2.45, 2.75) is 277 Å². The first kappa shape index (κ1) is 74.2. The molecule has 0 amide bonds. The number of esters is 1. The Hall–Kier alpha value is -1.99. The lowest BCUT2D eigenvalue weighted by Crippen LogP contribution is -2.70. The van der Waals surface area contributed by atoms with E-state index >= 15 is 4.79 Å². The van der Waals surface area contributed by atoms with Crippen molar-refractivity contribution >= 4 is 5.97 Å².